The second-order valence-electron chi connectivity index (χ2n) is 6.19. The topological polar surface area (TPSA) is 70.7 Å². The summed E-state index contributed by atoms with van der Waals surface area (Å²) in [5.41, 5.74) is 0.920. The number of carbonyl (C=O) groups excluding carboxylic acids is 2. The lowest BCUT2D eigenvalue weighted by atomic mass is 10.1. The maximum absolute atomic E-state index is 12.9. The SMILES string of the molecule is COc1cc(Cl)ccc1C(=O)N1CCC(NC(=O)Nc2ccc(F)cc2)C1. The van der Waals surface area contributed by atoms with Gasteiger partial charge in [-0.05, 0) is 48.9 Å². The van der Waals surface area contributed by atoms with Crippen LogP contribution in [0.2, 0.25) is 5.02 Å². The number of nitrogens with zero attached hydrogens (tertiary/aromatic N) is 1. The van der Waals surface area contributed by atoms with Crippen molar-refractivity contribution in [3.63, 3.8) is 0 Å². The molecule has 0 saturated carbocycles. The van der Waals surface area contributed by atoms with Crippen molar-refractivity contribution in [1.82, 2.24) is 10.2 Å². The third kappa shape index (κ3) is 4.68. The number of methoxy groups -OCH3 is 1. The summed E-state index contributed by atoms with van der Waals surface area (Å²) in [4.78, 5) is 26.5. The fraction of sp³-hybridized carbons (Fsp3) is 0.263. The first kappa shape index (κ1) is 19.0. The molecule has 0 spiro atoms. The van der Waals surface area contributed by atoms with Crippen molar-refractivity contribution in [3.05, 3.63) is 58.9 Å². The molecule has 27 heavy (non-hydrogen) atoms. The van der Waals surface area contributed by atoms with Gasteiger partial charge in [-0.15, -0.1) is 0 Å². The van der Waals surface area contributed by atoms with Gasteiger partial charge in [0.2, 0.25) is 0 Å². The van der Waals surface area contributed by atoms with Crippen LogP contribution in [0, 0.1) is 5.82 Å². The summed E-state index contributed by atoms with van der Waals surface area (Å²) in [6.07, 6.45) is 0.637. The van der Waals surface area contributed by atoms with Crippen molar-refractivity contribution in [3.8, 4) is 5.75 Å². The van der Waals surface area contributed by atoms with Gasteiger partial charge in [0.15, 0.2) is 0 Å². The molecular formula is C19H19ClFN3O3. The van der Waals surface area contributed by atoms with Gasteiger partial charge in [-0.25, -0.2) is 9.18 Å². The predicted octanol–water partition coefficient (Wildman–Crippen LogP) is 3.52. The number of nitrogens with one attached hydrogen (secondary N) is 2. The predicted molar refractivity (Wildman–Crippen MR) is 101 cm³/mol. The molecule has 0 aliphatic carbocycles. The number of ether oxygens (including phenoxy) is 1. The Morgan fingerprint density at radius 1 is 1.22 bits per heavy atom. The van der Waals surface area contributed by atoms with E-state index in [2.05, 4.69) is 10.6 Å². The van der Waals surface area contributed by atoms with Crippen LogP contribution in [0.25, 0.3) is 0 Å². The van der Waals surface area contributed by atoms with Crippen molar-refractivity contribution in [1.29, 1.82) is 0 Å². The molecule has 1 fully saturated rings. The van der Waals surface area contributed by atoms with Gasteiger partial charge in [-0.2, -0.15) is 0 Å². The maximum atomic E-state index is 12.9. The number of hydrogen-bond donors (Lipinski definition) is 2. The Kier molecular flexibility index (Phi) is 5.81. The fourth-order valence-electron chi connectivity index (χ4n) is 2.96. The zero-order valence-electron chi connectivity index (χ0n) is 14.7. The first-order chi connectivity index (χ1) is 13.0. The minimum Gasteiger partial charge on any atom is -0.496 e. The van der Waals surface area contributed by atoms with Crippen LogP contribution >= 0.6 is 11.6 Å². The van der Waals surface area contributed by atoms with Gasteiger partial charge in [0.1, 0.15) is 11.6 Å². The lowest BCUT2D eigenvalue weighted by Gasteiger charge is -2.19. The van der Waals surface area contributed by atoms with Crippen molar-refractivity contribution < 1.29 is 18.7 Å². The summed E-state index contributed by atoms with van der Waals surface area (Å²) in [5.74, 6) is -0.131. The summed E-state index contributed by atoms with van der Waals surface area (Å²) in [6, 6.07) is 9.79. The average Bonchev–Trinajstić information content (AvgIpc) is 3.11. The van der Waals surface area contributed by atoms with Crippen LogP contribution < -0.4 is 15.4 Å². The van der Waals surface area contributed by atoms with Crippen LogP contribution in [-0.2, 0) is 0 Å². The van der Waals surface area contributed by atoms with Crippen LogP contribution in [-0.4, -0.2) is 43.1 Å². The van der Waals surface area contributed by atoms with Crippen LogP contribution in [0.3, 0.4) is 0 Å². The van der Waals surface area contributed by atoms with E-state index in [-0.39, 0.29) is 17.8 Å². The van der Waals surface area contributed by atoms with E-state index in [0.29, 0.717) is 41.5 Å². The fourth-order valence-corrected chi connectivity index (χ4v) is 3.12. The maximum Gasteiger partial charge on any atom is 0.319 e. The quantitative estimate of drug-likeness (QED) is 0.837. The van der Waals surface area contributed by atoms with E-state index < -0.39 is 6.03 Å². The number of halogens is 2. The number of rotatable bonds is 4. The summed E-state index contributed by atoms with van der Waals surface area (Å²) in [7, 11) is 1.48. The normalized spacial score (nSPS) is 16.1. The summed E-state index contributed by atoms with van der Waals surface area (Å²) >= 11 is 5.94. The van der Waals surface area contributed by atoms with Crippen LogP contribution in [0.1, 0.15) is 16.8 Å². The summed E-state index contributed by atoms with van der Waals surface area (Å²) in [5, 5.41) is 5.96. The van der Waals surface area contributed by atoms with Crippen LogP contribution in [0.4, 0.5) is 14.9 Å². The zero-order valence-corrected chi connectivity index (χ0v) is 15.4. The minimum atomic E-state index is -0.398. The highest BCUT2D eigenvalue weighted by Gasteiger charge is 2.29. The Morgan fingerprint density at radius 2 is 1.96 bits per heavy atom. The molecule has 0 radical (unpaired) electrons. The molecule has 1 saturated heterocycles. The largest absolute Gasteiger partial charge is 0.496 e. The molecule has 3 rings (SSSR count). The first-order valence-electron chi connectivity index (χ1n) is 8.42. The molecule has 1 atom stereocenters. The van der Waals surface area contributed by atoms with E-state index in [1.807, 2.05) is 0 Å². The number of benzene rings is 2. The zero-order chi connectivity index (χ0) is 19.4. The average molecular weight is 392 g/mol. The Balaban J connectivity index is 1.57. The Labute approximate surface area is 161 Å². The smallest absolute Gasteiger partial charge is 0.319 e. The Bertz CT molecular complexity index is 845. The lowest BCUT2D eigenvalue weighted by Crippen LogP contribution is -2.40. The molecule has 6 nitrogen and oxygen atoms in total. The number of anilines is 1. The van der Waals surface area contributed by atoms with Crippen molar-refractivity contribution >= 4 is 29.2 Å². The first-order valence-corrected chi connectivity index (χ1v) is 8.80. The lowest BCUT2D eigenvalue weighted by molar-refractivity contribution is 0.0786. The molecule has 1 aliphatic heterocycles. The highest BCUT2D eigenvalue weighted by atomic mass is 35.5. The van der Waals surface area contributed by atoms with Crippen molar-refractivity contribution in [2.24, 2.45) is 0 Å². The molecule has 2 aromatic carbocycles. The van der Waals surface area contributed by atoms with Gasteiger partial charge in [-0.3, -0.25) is 4.79 Å². The van der Waals surface area contributed by atoms with Gasteiger partial charge in [0.25, 0.3) is 5.91 Å². The van der Waals surface area contributed by atoms with E-state index in [4.69, 9.17) is 16.3 Å². The number of hydrogen-bond acceptors (Lipinski definition) is 3. The van der Waals surface area contributed by atoms with Gasteiger partial charge < -0.3 is 20.3 Å². The number of amides is 3. The van der Waals surface area contributed by atoms with E-state index in [1.54, 1.807) is 23.1 Å². The third-order valence-corrected chi connectivity index (χ3v) is 4.54. The minimum absolute atomic E-state index is 0.173. The molecule has 1 aliphatic rings. The molecule has 2 N–H and O–H groups in total. The van der Waals surface area contributed by atoms with Crippen LogP contribution in [0.15, 0.2) is 42.5 Å². The molecule has 142 valence electrons. The van der Waals surface area contributed by atoms with Gasteiger partial charge in [-0.1, -0.05) is 11.6 Å². The molecule has 1 unspecified atom stereocenters. The van der Waals surface area contributed by atoms with Gasteiger partial charge >= 0.3 is 6.03 Å². The molecule has 8 heteroatoms. The summed E-state index contributed by atoms with van der Waals surface area (Å²) in [6.45, 7) is 0.910. The third-order valence-electron chi connectivity index (χ3n) is 4.31. The Hall–Kier alpha value is -2.80. The molecule has 1 heterocycles. The molecule has 2 aromatic rings. The standard InChI is InChI=1S/C19H19ClFN3O3/c1-27-17-10-12(20)2-7-16(17)18(25)24-9-8-15(11-24)23-19(26)22-14-5-3-13(21)4-6-14/h2-7,10,15H,8-9,11H2,1H3,(H2,22,23,26). The van der Waals surface area contributed by atoms with E-state index in [9.17, 15) is 14.0 Å². The number of urea groups is 1. The molecule has 0 bridgehead atoms. The van der Waals surface area contributed by atoms with Crippen LogP contribution in [0.5, 0.6) is 5.75 Å². The van der Waals surface area contributed by atoms with Crippen molar-refractivity contribution in [2.45, 2.75) is 12.5 Å². The number of likely N-dealkylation sites (tertiary alicyclic amines) is 1. The van der Waals surface area contributed by atoms with Gasteiger partial charge in [0, 0.05) is 29.8 Å². The number of carbonyl (C=O) groups is 2. The molecule has 3 amide bonds. The Morgan fingerprint density at radius 3 is 2.67 bits per heavy atom. The molecular weight excluding hydrogens is 373 g/mol. The summed E-state index contributed by atoms with van der Waals surface area (Å²) < 4.78 is 18.1. The molecule has 0 aromatic heterocycles. The van der Waals surface area contributed by atoms with Crippen molar-refractivity contribution in [2.75, 3.05) is 25.5 Å². The van der Waals surface area contributed by atoms with E-state index in [1.165, 1.54) is 31.4 Å². The van der Waals surface area contributed by atoms with E-state index in [0.717, 1.165) is 0 Å². The van der Waals surface area contributed by atoms with Gasteiger partial charge in [0.05, 0.1) is 12.7 Å². The highest BCUT2D eigenvalue weighted by molar-refractivity contribution is 6.30. The monoisotopic (exact) mass is 391 g/mol. The highest BCUT2D eigenvalue weighted by Crippen LogP contribution is 2.25. The van der Waals surface area contributed by atoms with E-state index >= 15 is 0 Å². The second kappa shape index (κ2) is 8.26. The second-order valence-corrected chi connectivity index (χ2v) is 6.62.